The minimum Gasteiger partial charge on any atom is -0.482 e. The van der Waals surface area contributed by atoms with Crippen molar-refractivity contribution in [2.45, 2.75) is 0 Å². The molecule has 7 nitrogen and oxygen atoms in total. The predicted molar refractivity (Wildman–Crippen MR) is 103 cm³/mol. The number of nitrogens with one attached hydrogen (secondary N) is 1. The molecule has 0 atom stereocenters. The molecule has 0 radical (unpaired) electrons. The molecule has 4 aromatic rings. The van der Waals surface area contributed by atoms with Crippen molar-refractivity contribution < 1.29 is 18.5 Å². The molecule has 0 unspecified atom stereocenters. The van der Waals surface area contributed by atoms with Crippen molar-refractivity contribution in [2.24, 2.45) is 0 Å². The summed E-state index contributed by atoms with van der Waals surface area (Å²) in [6, 6.07) is 17.5. The standard InChI is InChI=1S/C20H14ClN3O4/c21-14-7-2-4-9-16(14)27-12-18(25)22-15-8-3-1-6-13(15)20-23-19(24-28-20)17-10-5-11-26-17/h1-11H,12H2,(H,22,25). The molecule has 0 aliphatic rings. The van der Waals surface area contributed by atoms with Crippen molar-refractivity contribution in [1.29, 1.82) is 0 Å². The lowest BCUT2D eigenvalue weighted by molar-refractivity contribution is -0.118. The topological polar surface area (TPSA) is 90.4 Å². The fourth-order valence-corrected chi connectivity index (χ4v) is 2.70. The van der Waals surface area contributed by atoms with Crippen molar-refractivity contribution >= 4 is 23.2 Å². The molecular formula is C20H14ClN3O4. The molecule has 0 aliphatic heterocycles. The number of aromatic nitrogens is 2. The van der Waals surface area contributed by atoms with Crippen LogP contribution in [0.5, 0.6) is 5.75 Å². The smallest absolute Gasteiger partial charge is 0.262 e. The van der Waals surface area contributed by atoms with Crippen LogP contribution in [0.15, 0.2) is 75.9 Å². The molecule has 0 fully saturated rings. The van der Waals surface area contributed by atoms with E-state index in [4.69, 9.17) is 25.3 Å². The molecule has 8 heteroatoms. The van der Waals surface area contributed by atoms with Crippen LogP contribution in [0.1, 0.15) is 0 Å². The molecule has 1 N–H and O–H groups in total. The predicted octanol–water partition coefficient (Wildman–Crippen LogP) is 4.67. The highest BCUT2D eigenvalue weighted by Gasteiger charge is 2.16. The van der Waals surface area contributed by atoms with Crippen LogP contribution in [0.25, 0.3) is 23.0 Å². The first-order valence-corrected chi connectivity index (χ1v) is 8.72. The molecule has 0 aliphatic carbocycles. The number of nitrogens with zero attached hydrogens (tertiary/aromatic N) is 2. The maximum atomic E-state index is 12.3. The zero-order valence-corrected chi connectivity index (χ0v) is 15.2. The minimum absolute atomic E-state index is 0.195. The van der Waals surface area contributed by atoms with Crippen LogP contribution in [0, 0.1) is 0 Å². The molecule has 0 bridgehead atoms. The summed E-state index contributed by atoms with van der Waals surface area (Å²) in [6.07, 6.45) is 1.53. The number of hydrogen-bond donors (Lipinski definition) is 1. The quantitative estimate of drug-likeness (QED) is 0.510. The molecule has 2 aromatic carbocycles. The molecule has 4 rings (SSSR count). The van der Waals surface area contributed by atoms with Crippen LogP contribution in [-0.4, -0.2) is 22.7 Å². The van der Waals surface area contributed by atoms with Gasteiger partial charge in [0.1, 0.15) is 5.75 Å². The Kier molecular flexibility index (Phi) is 5.07. The molecule has 2 aromatic heterocycles. The monoisotopic (exact) mass is 395 g/mol. The van der Waals surface area contributed by atoms with Gasteiger partial charge < -0.3 is 19.0 Å². The van der Waals surface area contributed by atoms with E-state index < -0.39 is 0 Å². The molecule has 0 saturated heterocycles. The summed E-state index contributed by atoms with van der Waals surface area (Å²) in [6.45, 7) is -0.195. The van der Waals surface area contributed by atoms with Gasteiger partial charge >= 0.3 is 0 Å². The van der Waals surface area contributed by atoms with E-state index >= 15 is 0 Å². The van der Waals surface area contributed by atoms with Gasteiger partial charge in [0.05, 0.1) is 22.5 Å². The molecular weight excluding hydrogens is 382 g/mol. The highest BCUT2D eigenvalue weighted by Crippen LogP contribution is 2.29. The number of ether oxygens (including phenoxy) is 1. The van der Waals surface area contributed by atoms with Crippen LogP contribution in [0.2, 0.25) is 5.02 Å². The number of benzene rings is 2. The number of hydrogen-bond acceptors (Lipinski definition) is 6. The lowest BCUT2D eigenvalue weighted by Crippen LogP contribution is -2.20. The normalized spacial score (nSPS) is 10.6. The third kappa shape index (κ3) is 3.89. The van der Waals surface area contributed by atoms with Gasteiger partial charge in [-0.1, -0.05) is 41.0 Å². The number of halogens is 1. The van der Waals surface area contributed by atoms with Crippen LogP contribution < -0.4 is 10.1 Å². The van der Waals surface area contributed by atoms with E-state index in [2.05, 4.69) is 15.5 Å². The van der Waals surface area contributed by atoms with E-state index in [0.29, 0.717) is 33.6 Å². The number of carbonyl (C=O) groups excluding carboxylic acids is 1. The van der Waals surface area contributed by atoms with E-state index in [-0.39, 0.29) is 18.4 Å². The lowest BCUT2D eigenvalue weighted by Gasteiger charge is -2.10. The number of amides is 1. The largest absolute Gasteiger partial charge is 0.482 e. The Balaban J connectivity index is 1.49. The van der Waals surface area contributed by atoms with Gasteiger partial charge in [-0.3, -0.25) is 4.79 Å². The highest BCUT2D eigenvalue weighted by molar-refractivity contribution is 6.32. The average molecular weight is 396 g/mol. The number of para-hydroxylation sites is 2. The Morgan fingerprint density at radius 3 is 2.71 bits per heavy atom. The highest BCUT2D eigenvalue weighted by atomic mass is 35.5. The molecule has 1 amide bonds. The number of furan rings is 1. The van der Waals surface area contributed by atoms with Gasteiger partial charge in [-0.2, -0.15) is 4.98 Å². The van der Waals surface area contributed by atoms with Gasteiger partial charge in [-0.15, -0.1) is 0 Å². The number of rotatable bonds is 6. The van der Waals surface area contributed by atoms with E-state index in [1.807, 2.05) is 6.07 Å². The van der Waals surface area contributed by atoms with Gasteiger partial charge in [0.15, 0.2) is 12.4 Å². The molecule has 28 heavy (non-hydrogen) atoms. The Bertz CT molecular complexity index is 1090. The first-order valence-electron chi connectivity index (χ1n) is 8.35. The third-order valence-electron chi connectivity index (χ3n) is 3.79. The van der Waals surface area contributed by atoms with Crippen molar-refractivity contribution in [3.8, 4) is 28.8 Å². The van der Waals surface area contributed by atoms with Crippen LogP contribution >= 0.6 is 11.6 Å². The van der Waals surface area contributed by atoms with Crippen LogP contribution in [0.3, 0.4) is 0 Å². The Labute approximate surface area is 164 Å². The number of anilines is 1. The summed E-state index contributed by atoms with van der Waals surface area (Å²) in [5.74, 6) is 1.16. The first kappa shape index (κ1) is 17.8. The fraction of sp³-hybridized carbons (Fsp3) is 0.0500. The minimum atomic E-state index is -0.349. The summed E-state index contributed by atoms with van der Waals surface area (Å²) < 4.78 is 16.0. The van der Waals surface area contributed by atoms with E-state index in [1.165, 1.54) is 6.26 Å². The molecule has 0 saturated carbocycles. The van der Waals surface area contributed by atoms with Gasteiger partial charge in [0.2, 0.25) is 5.82 Å². The molecule has 0 spiro atoms. The second kappa shape index (κ2) is 7.98. The summed E-state index contributed by atoms with van der Waals surface area (Å²) in [7, 11) is 0. The second-order valence-corrected chi connectivity index (χ2v) is 6.12. The number of carbonyl (C=O) groups is 1. The lowest BCUT2D eigenvalue weighted by atomic mass is 10.1. The Morgan fingerprint density at radius 2 is 1.89 bits per heavy atom. The van der Waals surface area contributed by atoms with Gasteiger partial charge in [-0.05, 0) is 36.4 Å². The van der Waals surface area contributed by atoms with Gasteiger partial charge in [-0.25, -0.2) is 0 Å². The maximum Gasteiger partial charge on any atom is 0.262 e. The van der Waals surface area contributed by atoms with Crippen molar-refractivity contribution in [3.05, 3.63) is 71.9 Å². The summed E-state index contributed by atoms with van der Waals surface area (Å²) in [4.78, 5) is 16.6. The van der Waals surface area contributed by atoms with Crippen molar-refractivity contribution in [3.63, 3.8) is 0 Å². The van der Waals surface area contributed by atoms with E-state index in [0.717, 1.165) is 0 Å². The van der Waals surface area contributed by atoms with Crippen LogP contribution in [0.4, 0.5) is 5.69 Å². The average Bonchev–Trinajstić information content (AvgIpc) is 3.39. The molecule has 140 valence electrons. The van der Waals surface area contributed by atoms with Gasteiger partial charge in [0.25, 0.3) is 11.8 Å². The van der Waals surface area contributed by atoms with Crippen molar-refractivity contribution in [2.75, 3.05) is 11.9 Å². The van der Waals surface area contributed by atoms with Crippen molar-refractivity contribution in [1.82, 2.24) is 10.1 Å². The summed E-state index contributed by atoms with van der Waals surface area (Å²) in [5, 5.41) is 7.13. The zero-order valence-electron chi connectivity index (χ0n) is 14.5. The van der Waals surface area contributed by atoms with E-state index in [9.17, 15) is 4.79 Å². The van der Waals surface area contributed by atoms with E-state index in [1.54, 1.807) is 54.6 Å². The first-order chi connectivity index (χ1) is 13.7. The van der Waals surface area contributed by atoms with Crippen LogP contribution in [-0.2, 0) is 4.79 Å². The Hall–Kier alpha value is -3.58. The molecule has 2 heterocycles. The second-order valence-electron chi connectivity index (χ2n) is 5.71. The maximum absolute atomic E-state index is 12.3. The fourth-order valence-electron chi connectivity index (χ4n) is 2.51. The summed E-state index contributed by atoms with van der Waals surface area (Å²) in [5.41, 5.74) is 1.10. The SMILES string of the molecule is O=C(COc1ccccc1Cl)Nc1ccccc1-c1nc(-c2ccco2)no1. The third-order valence-corrected chi connectivity index (χ3v) is 4.11. The zero-order chi connectivity index (χ0) is 19.3. The summed E-state index contributed by atoms with van der Waals surface area (Å²) >= 11 is 6.03. The van der Waals surface area contributed by atoms with Gasteiger partial charge in [0, 0.05) is 0 Å². The Morgan fingerprint density at radius 1 is 1.07 bits per heavy atom.